The molecule has 0 aromatic heterocycles. The Hall–Kier alpha value is -3.02. The van der Waals surface area contributed by atoms with E-state index in [4.69, 9.17) is 0 Å². The lowest BCUT2D eigenvalue weighted by Crippen LogP contribution is -2.61. The van der Waals surface area contributed by atoms with E-state index in [0.717, 1.165) is 62.0 Å². The van der Waals surface area contributed by atoms with E-state index >= 15 is 9.18 Å². The molecule has 7 rings (SSSR count). The van der Waals surface area contributed by atoms with Gasteiger partial charge in [0.2, 0.25) is 0 Å². The zero-order chi connectivity index (χ0) is 25.2. The minimum Gasteiger partial charge on any atom is -0.302 e. The molecule has 0 N–H and O–H groups in total. The van der Waals surface area contributed by atoms with Crippen LogP contribution in [0, 0.1) is 5.82 Å². The molecule has 5 heteroatoms. The molecule has 37 heavy (non-hydrogen) atoms. The standard InChI is InChI=1S/C32H34FN3O/c1-23-20-31(14-8-9-15-31)36-29-27(23)18-26(33)19-28(29)32(30(36)37)34(21-24-10-4-2-5-11-24)16-17-35(32)22-25-12-6-3-7-13-25/h2-7,10-13,18-19,23H,8-9,14-17,20-22H2,1H3/t23-/m0/s1. The molecule has 0 bridgehead atoms. The third-order valence-electron chi connectivity index (χ3n) is 9.42. The zero-order valence-electron chi connectivity index (χ0n) is 21.5. The summed E-state index contributed by atoms with van der Waals surface area (Å²) in [6.45, 7) is 5.05. The third-order valence-corrected chi connectivity index (χ3v) is 9.42. The van der Waals surface area contributed by atoms with E-state index in [1.807, 2.05) is 12.1 Å². The van der Waals surface area contributed by atoms with Crippen molar-refractivity contribution in [2.45, 2.75) is 69.2 Å². The van der Waals surface area contributed by atoms with Crippen molar-refractivity contribution < 1.29 is 9.18 Å². The SMILES string of the molecule is C[C@H]1CC2(CCCC2)N2C(=O)C3(c4cc(F)cc1c42)N(Cc1ccccc1)CCN3Cc1ccccc1. The van der Waals surface area contributed by atoms with Crippen molar-refractivity contribution in [2.75, 3.05) is 18.0 Å². The van der Waals surface area contributed by atoms with Crippen LogP contribution in [0.25, 0.3) is 0 Å². The number of benzene rings is 3. The second-order valence-electron chi connectivity index (χ2n) is 11.6. The average molecular weight is 496 g/mol. The first-order chi connectivity index (χ1) is 18.0. The molecule has 1 saturated heterocycles. The first-order valence-electron chi connectivity index (χ1n) is 13.8. The molecule has 1 saturated carbocycles. The number of rotatable bonds is 4. The second-order valence-corrected chi connectivity index (χ2v) is 11.6. The monoisotopic (exact) mass is 495 g/mol. The lowest BCUT2D eigenvalue weighted by atomic mass is 9.77. The summed E-state index contributed by atoms with van der Waals surface area (Å²) in [6.07, 6.45) is 5.29. The average Bonchev–Trinajstić information content (AvgIpc) is 3.57. The molecular weight excluding hydrogens is 461 g/mol. The number of hydrogen-bond acceptors (Lipinski definition) is 3. The molecule has 1 aliphatic carbocycles. The molecule has 0 unspecified atom stereocenters. The maximum absolute atomic E-state index is 15.4. The summed E-state index contributed by atoms with van der Waals surface area (Å²) in [6, 6.07) is 24.1. The van der Waals surface area contributed by atoms with E-state index in [1.165, 1.54) is 11.1 Å². The van der Waals surface area contributed by atoms with Gasteiger partial charge in [-0.25, -0.2) is 4.39 Å². The molecule has 3 aromatic carbocycles. The summed E-state index contributed by atoms with van der Waals surface area (Å²) < 4.78 is 15.4. The highest BCUT2D eigenvalue weighted by atomic mass is 19.1. The smallest absolute Gasteiger partial charge is 0.268 e. The van der Waals surface area contributed by atoms with E-state index in [1.54, 1.807) is 12.1 Å². The number of halogens is 1. The summed E-state index contributed by atoms with van der Waals surface area (Å²) in [7, 11) is 0. The van der Waals surface area contributed by atoms with Gasteiger partial charge in [-0.15, -0.1) is 0 Å². The van der Waals surface area contributed by atoms with Gasteiger partial charge in [0.1, 0.15) is 5.82 Å². The largest absolute Gasteiger partial charge is 0.302 e. The van der Waals surface area contributed by atoms with Crippen molar-refractivity contribution in [3.8, 4) is 0 Å². The van der Waals surface area contributed by atoms with Crippen molar-refractivity contribution in [3.63, 3.8) is 0 Å². The molecule has 3 aromatic rings. The quantitative estimate of drug-likeness (QED) is 0.434. The van der Waals surface area contributed by atoms with Crippen LogP contribution in [0.2, 0.25) is 0 Å². The minimum atomic E-state index is -1.00. The van der Waals surface area contributed by atoms with Crippen LogP contribution in [0.5, 0.6) is 0 Å². The Labute approximate surface area is 218 Å². The van der Waals surface area contributed by atoms with Crippen molar-refractivity contribution in [1.29, 1.82) is 0 Å². The highest BCUT2D eigenvalue weighted by molar-refractivity contribution is 6.10. The Morgan fingerprint density at radius 2 is 1.43 bits per heavy atom. The summed E-state index contributed by atoms with van der Waals surface area (Å²) >= 11 is 0. The fraction of sp³-hybridized carbons (Fsp3) is 0.406. The molecule has 3 heterocycles. The molecule has 4 aliphatic rings. The minimum absolute atomic E-state index is 0.132. The number of fused-ring (bicyclic) bond motifs is 2. The maximum Gasteiger partial charge on any atom is 0.268 e. The van der Waals surface area contributed by atoms with E-state index in [-0.39, 0.29) is 23.2 Å². The molecule has 190 valence electrons. The van der Waals surface area contributed by atoms with Crippen molar-refractivity contribution in [3.05, 3.63) is 101 Å². The lowest BCUT2D eigenvalue weighted by Gasteiger charge is -2.47. The van der Waals surface area contributed by atoms with Gasteiger partial charge in [0.25, 0.3) is 5.91 Å². The maximum atomic E-state index is 15.4. The van der Waals surface area contributed by atoms with Gasteiger partial charge in [0.15, 0.2) is 5.66 Å². The van der Waals surface area contributed by atoms with Crippen LogP contribution in [0.1, 0.15) is 67.2 Å². The van der Waals surface area contributed by atoms with Gasteiger partial charge in [-0.2, -0.15) is 0 Å². The van der Waals surface area contributed by atoms with Crippen LogP contribution in [-0.2, 0) is 23.5 Å². The normalized spacial score (nSPS) is 23.9. The summed E-state index contributed by atoms with van der Waals surface area (Å²) in [5.74, 6) is 0.129. The van der Waals surface area contributed by atoms with Gasteiger partial charge >= 0.3 is 0 Å². The van der Waals surface area contributed by atoms with Crippen molar-refractivity contribution in [2.24, 2.45) is 0 Å². The Morgan fingerprint density at radius 1 is 0.865 bits per heavy atom. The molecule has 0 radical (unpaired) electrons. The van der Waals surface area contributed by atoms with Gasteiger partial charge < -0.3 is 4.90 Å². The zero-order valence-corrected chi connectivity index (χ0v) is 21.5. The van der Waals surface area contributed by atoms with Crippen molar-refractivity contribution in [1.82, 2.24) is 9.80 Å². The summed E-state index contributed by atoms with van der Waals surface area (Å²) in [4.78, 5) is 21.9. The number of carbonyl (C=O) groups is 1. The lowest BCUT2D eigenvalue weighted by molar-refractivity contribution is -0.140. The summed E-state index contributed by atoms with van der Waals surface area (Å²) in [5.41, 5.74) is 4.05. The molecular formula is C32H34FN3O. The van der Waals surface area contributed by atoms with Crippen LogP contribution in [0.3, 0.4) is 0 Å². The Kier molecular flexibility index (Phi) is 5.31. The Morgan fingerprint density at radius 3 is 2.00 bits per heavy atom. The number of nitrogens with zero attached hydrogens (tertiary/aromatic N) is 3. The first-order valence-corrected chi connectivity index (χ1v) is 13.8. The fourth-order valence-electron chi connectivity index (χ4n) is 7.94. The molecule has 2 spiro atoms. The Balaban J connectivity index is 1.44. The molecule has 2 fully saturated rings. The van der Waals surface area contributed by atoms with Gasteiger partial charge in [-0.1, -0.05) is 80.4 Å². The van der Waals surface area contributed by atoms with E-state index < -0.39 is 5.66 Å². The Bertz CT molecular complexity index is 1290. The predicted octanol–water partition coefficient (Wildman–Crippen LogP) is 6.16. The molecule has 3 aliphatic heterocycles. The number of carbonyl (C=O) groups excluding carboxylic acids is 1. The molecule has 4 nitrogen and oxygen atoms in total. The second kappa shape index (κ2) is 8.50. The number of anilines is 1. The van der Waals surface area contributed by atoms with Gasteiger partial charge in [-0.3, -0.25) is 14.6 Å². The van der Waals surface area contributed by atoms with Crippen molar-refractivity contribution >= 4 is 11.6 Å². The molecule has 1 atom stereocenters. The van der Waals surface area contributed by atoms with E-state index in [0.29, 0.717) is 13.1 Å². The predicted molar refractivity (Wildman–Crippen MR) is 143 cm³/mol. The third kappa shape index (κ3) is 3.30. The number of amides is 1. The van der Waals surface area contributed by atoms with Crippen LogP contribution in [0.4, 0.5) is 10.1 Å². The van der Waals surface area contributed by atoms with Crippen LogP contribution in [0.15, 0.2) is 72.8 Å². The van der Waals surface area contributed by atoms with Crippen LogP contribution in [-0.4, -0.2) is 34.3 Å². The van der Waals surface area contributed by atoms with Crippen LogP contribution >= 0.6 is 0 Å². The van der Waals surface area contributed by atoms with Gasteiger partial charge in [-0.05, 0) is 54.0 Å². The number of hydrogen-bond donors (Lipinski definition) is 0. The first kappa shape index (κ1) is 23.1. The molecule has 1 amide bonds. The highest BCUT2D eigenvalue weighted by Gasteiger charge is 2.66. The summed E-state index contributed by atoms with van der Waals surface area (Å²) in [5, 5.41) is 0. The van der Waals surface area contributed by atoms with Gasteiger partial charge in [0, 0.05) is 37.3 Å². The van der Waals surface area contributed by atoms with Gasteiger partial charge in [0.05, 0.1) is 5.69 Å². The van der Waals surface area contributed by atoms with E-state index in [2.05, 4.69) is 70.2 Å². The van der Waals surface area contributed by atoms with E-state index in [9.17, 15) is 0 Å². The highest BCUT2D eigenvalue weighted by Crippen LogP contribution is 2.60. The topological polar surface area (TPSA) is 26.8 Å². The fourth-order valence-corrected chi connectivity index (χ4v) is 7.94. The van der Waals surface area contributed by atoms with Crippen LogP contribution < -0.4 is 4.90 Å².